The van der Waals surface area contributed by atoms with Crippen molar-refractivity contribution in [2.45, 2.75) is 44.4 Å². The van der Waals surface area contributed by atoms with E-state index in [2.05, 4.69) is 16.1 Å². The zero-order chi connectivity index (χ0) is 19.0. The van der Waals surface area contributed by atoms with Crippen LogP contribution >= 0.6 is 0 Å². The predicted octanol–water partition coefficient (Wildman–Crippen LogP) is 3.05. The number of hydroxylamine groups is 1. The molecule has 2 aromatic carbocycles. The van der Waals surface area contributed by atoms with Crippen molar-refractivity contribution in [2.75, 3.05) is 0 Å². The lowest BCUT2D eigenvalue weighted by molar-refractivity contribution is -0.141. The lowest BCUT2D eigenvalue weighted by atomic mass is 9.97. The van der Waals surface area contributed by atoms with E-state index in [-0.39, 0.29) is 18.5 Å². The molecule has 6 heteroatoms. The van der Waals surface area contributed by atoms with Crippen LogP contribution in [0.3, 0.4) is 0 Å². The summed E-state index contributed by atoms with van der Waals surface area (Å²) >= 11 is 0. The van der Waals surface area contributed by atoms with Gasteiger partial charge in [-0.25, -0.2) is 10.3 Å². The van der Waals surface area contributed by atoms with Crippen LogP contribution in [0.15, 0.2) is 60.7 Å². The van der Waals surface area contributed by atoms with Crippen molar-refractivity contribution in [3.8, 4) is 0 Å². The second kappa shape index (κ2) is 9.19. The molecule has 2 aromatic rings. The van der Waals surface area contributed by atoms with E-state index in [0.717, 1.165) is 24.0 Å². The van der Waals surface area contributed by atoms with Gasteiger partial charge >= 0.3 is 6.03 Å². The van der Waals surface area contributed by atoms with E-state index < -0.39 is 5.54 Å². The van der Waals surface area contributed by atoms with E-state index in [1.807, 2.05) is 60.7 Å². The molecule has 6 nitrogen and oxygen atoms in total. The molecule has 0 bridgehead atoms. The van der Waals surface area contributed by atoms with E-state index in [1.54, 1.807) is 0 Å². The molecule has 0 aliphatic heterocycles. The minimum absolute atomic E-state index is 0.281. The van der Waals surface area contributed by atoms with E-state index in [9.17, 15) is 9.59 Å². The number of carbonyl (C=O) groups excluding carboxylic acids is 2. The fraction of sp³-hybridized carbons (Fsp3) is 0.333. The summed E-state index contributed by atoms with van der Waals surface area (Å²) in [7, 11) is 0. The first kappa shape index (κ1) is 18.9. The Hall–Kier alpha value is -2.86. The number of nitrogens with one attached hydrogen (secondary N) is 3. The van der Waals surface area contributed by atoms with Crippen molar-refractivity contribution in [1.29, 1.82) is 0 Å². The van der Waals surface area contributed by atoms with Gasteiger partial charge in [0, 0.05) is 6.54 Å². The molecule has 1 saturated carbocycles. The van der Waals surface area contributed by atoms with Crippen LogP contribution in [0.2, 0.25) is 0 Å². The molecule has 0 heterocycles. The molecule has 3 amide bonds. The van der Waals surface area contributed by atoms with Crippen LogP contribution < -0.4 is 16.1 Å². The maximum Gasteiger partial charge on any atom is 0.315 e. The van der Waals surface area contributed by atoms with Gasteiger partial charge in [0.1, 0.15) is 5.54 Å². The maximum atomic E-state index is 12.7. The van der Waals surface area contributed by atoms with Crippen LogP contribution in [0.1, 0.15) is 36.8 Å². The summed E-state index contributed by atoms with van der Waals surface area (Å²) < 4.78 is 0. The number of urea groups is 1. The second-order valence-electron chi connectivity index (χ2n) is 6.79. The monoisotopic (exact) mass is 367 g/mol. The van der Waals surface area contributed by atoms with Crippen molar-refractivity contribution in [1.82, 2.24) is 16.1 Å². The number of hydrogen-bond acceptors (Lipinski definition) is 3. The molecular weight excluding hydrogens is 342 g/mol. The Morgan fingerprint density at radius 2 is 1.48 bits per heavy atom. The fourth-order valence-electron chi connectivity index (χ4n) is 3.28. The van der Waals surface area contributed by atoms with Gasteiger partial charge in [0.05, 0.1) is 6.61 Å². The molecule has 0 unspecified atom stereocenters. The average Bonchev–Trinajstić information content (AvgIpc) is 3.18. The van der Waals surface area contributed by atoms with Crippen LogP contribution in [0, 0.1) is 0 Å². The molecule has 3 rings (SSSR count). The van der Waals surface area contributed by atoms with Gasteiger partial charge in [-0.1, -0.05) is 73.5 Å². The first-order valence-corrected chi connectivity index (χ1v) is 9.24. The average molecular weight is 367 g/mol. The molecular formula is C21H25N3O3. The van der Waals surface area contributed by atoms with E-state index in [1.165, 1.54) is 0 Å². The summed E-state index contributed by atoms with van der Waals surface area (Å²) in [5.74, 6) is -0.300. The van der Waals surface area contributed by atoms with Crippen molar-refractivity contribution in [2.24, 2.45) is 0 Å². The molecule has 1 fully saturated rings. The summed E-state index contributed by atoms with van der Waals surface area (Å²) in [6.07, 6.45) is 2.99. The first-order valence-electron chi connectivity index (χ1n) is 9.24. The van der Waals surface area contributed by atoms with Gasteiger partial charge < -0.3 is 10.6 Å². The van der Waals surface area contributed by atoms with Gasteiger partial charge in [-0.05, 0) is 24.0 Å². The van der Waals surface area contributed by atoms with Gasteiger partial charge in [-0.3, -0.25) is 9.63 Å². The van der Waals surface area contributed by atoms with E-state index in [0.29, 0.717) is 19.4 Å². The van der Waals surface area contributed by atoms with Crippen molar-refractivity contribution < 1.29 is 14.4 Å². The molecule has 0 aromatic heterocycles. The molecule has 0 saturated heterocycles. The minimum Gasteiger partial charge on any atom is -0.334 e. The normalized spacial score (nSPS) is 15.1. The van der Waals surface area contributed by atoms with E-state index >= 15 is 0 Å². The van der Waals surface area contributed by atoms with Crippen LogP contribution in [-0.2, 0) is 22.8 Å². The highest BCUT2D eigenvalue weighted by Crippen LogP contribution is 2.30. The second-order valence-corrected chi connectivity index (χ2v) is 6.79. The summed E-state index contributed by atoms with van der Waals surface area (Å²) in [5.41, 5.74) is 3.56. The first-order chi connectivity index (χ1) is 13.2. The topological polar surface area (TPSA) is 79.5 Å². The van der Waals surface area contributed by atoms with Crippen LogP contribution in [0.5, 0.6) is 0 Å². The van der Waals surface area contributed by atoms with Crippen LogP contribution in [-0.4, -0.2) is 17.5 Å². The highest BCUT2D eigenvalue weighted by molar-refractivity contribution is 5.90. The molecule has 1 aliphatic rings. The lowest BCUT2D eigenvalue weighted by Crippen LogP contribution is -2.59. The zero-order valence-corrected chi connectivity index (χ0v) is 15.2. The highest BCUT2D eigenvalue weighted by Gasteiger charge is 2.42. The van der Waals surface area contributed by atoms with Gasteiger partial charge in [0.25, 0.3) is 5.91 Å². The Kier molecular flexibility index (Phi) is 6.44. The Morgan fingerprint density at radius 1 is 0.889 bits per heavy atom. The predicted molar refractivity (Wildman–Crippen MR) is 102 cm³/mol. The summed E-state index contributed by atoms with van der Waals surface area (Å²) in [5, 5.41) is 5.69. The largest absolute Gasteiger partial charge is 0.334 e. The third-order valence-electron chi connectivity index (χ3n) is 4.79. The summed E-state index contributed by atoms with van der Waals surface area (Å²) in [4.78, 5) is 30.4. The lowest BCUT2D eigenvalue weighted by Gasteiger charge is -2.28. The molecule has 27 heavy (non-hydrogen) atoms. The zero-order valence-electron chi connectivity index (χ0n) is 15.2. The standard InChI is InChI=1S/C21H25N3O3/c25-19(24-27-16-18-11-5-2-6-12-18)21(13-7-8-14-21)23-20(26)22-15-17-9-3-1-4-10-17/h1-6,9-12H,7-8,13-16H2,(H,24,25)(H2,22,23,26). The number of amides is 3. The van der Waals surface area contributed by atoms with Gasteiger partial charge in [-0.15, -0.1) is 0 Å². The fourth-order valence-corrected chi connectivity index (χ4v) is 3.28. The number of benzene rings is 2. The molecule has 0 radical (unpaired) electrons. The smallest absolute Gasteiger partial charge is 0.315 e. The van der Waals surface area contributed by atoms with Gasteiger partial charge in [-0.2, -0.15) is 0 Å². The van der Waals surface area contributed by atoms with Gasteiger partial charge in [0.15, 0.2) is 0 Å². The molecule has 0 spiro atoms. The third-order valence-corrected chi connectivity index (χ3v) is 4.79. The molecule has 0 atom stereocenters. The Balaban J connectivity index is 1.51. The molecule has 142 valence electrons. The van der Waals surface area contributed by atoms with Gasteiger partial charge in [0.2, 0.25) is 0 Å². The highest BCUT2D eigenvalue weighted by atomic mass is 16.7. The summed E-state index contributed by atoms with van der Waals surface area (Å²) in [6.45, 7) is 0.692. The number of rotatable bonds is 7. The number of carbonyl (C=O) groups is 2. The Labute approximate surface area is 159 Å². The number of hydrogen-bond donors (Lipinski definition) is 3. The summed E-state index contributed by atoms with van der Waals surface area (Å²) in [6, 6.07) is 18.9. The minimum atomic E-state index is -0.919. The van der Waals surface area contributed by atoms with Crippen LogP contribution in [0.4, 0.5) is 4.79 Å². The van der Waals surface area contributed by atoms with Crippen LogP contribution in [0.25, 0.3) is 0 Å². The molecule has 3 N–H and O–H groups in total. The Morgan fingerprint density at radius 3 is 2.11 bits per heavy atom. The van der Waals surface area contributed by atoms with Crippen molar-refractivity contribution in [3.05, 3.63) is 71.8 Å². The SMILES string of the molecule is O=C(NCc1ccccc1)NC1(C(=O)NOCc2ccccc2)CCCC1. The third kappa shape index (κ3) is 5.31. The van der Waals surface area contributed by atoms with Crippen molar-refractivity contribution >= 4 is 11.9 Å². The molecule has 1 aliphatic carbocycles. The van der Waals surface area contributed by atoms with E-state index in [4.69, 9.17) is 4.84 Å². The maximum absolute atomic E-state index is 12.7. The Bertz CT molecular complexity index is 744. The quantitative estimate of drug-likeness (QED) is 0.658. The van der Waals surface area contributed by atoms with Crippen molar-refractivity contribution in [3.63, 3.8) is 0 Å².